The number of nitrogens with zero attached hydrogens (tertiary/aromatic N) is 2. The number of hydrogen-bond donors (Lipinski definition) is 1. The number of pyridine rings is 1. The Labute approximate surface area is 108 Å². The number of benzene rings is 1. The van der Waals surface area contributed by atoms with Crippen LogP contribution in [0.5, 0.6) is 0 Å². The molecule has 3 heteroatoms. The van der Waals surface area contributed by atoms with Gasteiger partial charge in [-0.05, 0) is 24.1 Å². The molecule has 2 N–H and O–H groups in total. The van der Waals surface area contributed by atoms with Gasteiger partial charge in [0.25, 0.3) is 0 Å². The molecular formula is C15H19N3. The maximum absolute atomic E-state index is 5.81. The van der Waals surface area contributed by atoms with Gasteiger partial charge in [-0.2, -0.15) is 0 Å². The predicted molar refractivity (Wildman–Crippen MR) is 75.4 cm³/mol. The quantitative estimate of drug-likeness (QED) is 0.895. The summed E-state index contributed by atoms with van der Waals surface area (Å²) in [6.07, 6.45) is 1.85. The molecule has 0 amide bonds. The Morgan fingerprint density at radius 3 is 2.44 bits per heavy atom. The first-order chi connectivity index (χ1) is 8.66. The fourth-order valence-electron chi connectivity index (χ4n) is 1.83. The molecule has 1 unspecified atom stereocenters. The molecule has 18 heavy (non-hydrogen) atoms. The molecule has 0 aliphatic rings. The van der Waals surface area contributed by atoms with Crippen LogP contribution in [0, 0.1) is 0 Å². The van der Waals surface area contributed by atoms with Crippen LogP contribution < -0.4 is 10.6 Å². The van der Waals surface area contributed by atoms with E-state index in [0.717, 1.165) is 17.9 Å². The lowest BCUT2D eigenvalue weighted by Gasteiger charge is -2.18. The molecule has 1 heterocycles. The van der Waals surface area contributed by atoms with Gasteiger partial charge in [-0.3, -0.25) is 0 Å². The minimum atomic E-state index is 0.0333. The zero-order chi connectivity index (χ0) is 13.0. The molecule has 0 spiro atoms. The van der Waals surface area contributed by atoms with Crippen molar-refractivity contribution in [3.8, 4) is 0 Å². The third kappa shape index (κ3) is 3.08. The molecule has 2 rings (SSSR count). The van der Waals surface area contributed by atoms with E-state index in [2.05, 4.69) is 34.1 Å². The van der Waals surface area contributed by atoms with Gasteiger partial charge in [0.2, 0.25) is 0 Å². The summed E-state index contributed by atoms with van der Waals surface area (Å²) in [4.78, 5) is 6.57. The van der Waals surface area contributed by atoms with Crippen LogP contribution in [0.3, 0.4) is 0 Å². The zero-order valence-corrected chi connectivity index (χ0v) is 10.9. The van der Waals surface area contributed by atoms with Crippen molar-refractivity contribution >= 4 is 5.82 Å². The molecule has 1 atom stereocenters. The van der Waals surface area contributed by atoms with E-state index < -0.39 is 0 Å². The SMILES string of the molecule is CC(N)c1ccc(N(C)Cc2ccccc2)nc1. The highest BCUT2D eigenvalue weighted by molar-refractivity contribution is 5.39. The first-order valence-electron chi connectivity index (χ1n) is 6.13. The molecule has 94 valence electrons. The molecule has 3 nitrogen and oxygen atoms in total. The van der Waals surface area contributed by atoms with Gasteiger partial charge in [0.1, 0.15) is 5.82 Å². The molecule has 1 aromatic carbocycles. The van der Waals surface area contributed by atoms with Gasteiger partial charge >= 0.3 is 0 Å². The van der Waals surface area contributed by atoms with E-state index in [9.17, 15) is 0 Å². The van der Waals surface area contributed by atoms with E-state index in [1.54, 1.807) is 0 Å². The molecule has 0 saturated heterocycles. The fourth-order valence-corrected chi connectivity index (χ4v) is 1.83. The fraction of sp³-hybridized carbons (Fsp3) is 0.267. The van der Waals surface area contributed by atoms with Gasteiger partial charge in [0.15, 0.2) is 0 Å². The zero-order valence-electron chi connectivity index (χ0n) is 10.9. The maximum Gasteiger partial charge on any atom is 0.128 e. The van der Waals surface area contributed by atoms with Crippen LogP contribution in [0.4, 0.5) is 5.82 Å². The van der Waals surface area contributed by atoms with Crippen molar-refractivity contribution in [3.63, 3.8) is 0 Å². The van der Waals surface area contributed by atoms with Crippen LogP contribution >= 0.6 is 0 Å². The Balaban J connectivity index is 2.07. The average molecular weight is 241 g/mol. The van der Waals surface area contributed by atoms with Crippen LogP contribution in [-0.4, -0.2) is 12.0 Å². The molecule has 0 fully saturated rings. The van der Waals surface area contributed by atoms with Gasteiger partial charge < -0.3 is 10.6 Å². The summed E-state index contributed by atoms with van der Waals surface area (Å²) < 4.78 is 0. The van der Waals surface area contributed by atoms with Crippen molar-refractivity contribution in [1.82, 2.24) is 4.98 Å². The molecule has 0 bridgehead atoms. The van der Waals surface area contributed by atoms with E-state index in [1.165, 1.54) is 5.56 Å². The standard InChI is InChI=1S/C15H19N3/c1-12(16)14-8-9-15(17-10-14)18(2)11-13-6-4-3-5-7-13/h3-10,12H,11,16H2,1-2H3. The normalized spacial score (nSPS) is 12.2. The number of anilines is 1. The van der Waals surface area contributed by atoms with Gasteiger partial charge in [-0.15, -0.1) is 0 Å². The summed E-state index contributed by atoms with van der Waals surface area (Å²) in [7, 11) is 2.04. The summed E-state index contributed by atoms with van der Waals surface area (Å²) in [6, 6.07) is 14.5. The first kappa shape index (κ1) is 12.6. The third-order valence-electron chi connectivity index (χ3n) is 2.95. The first-order valence-corrected chi connectivity index (χ1v) is 6.13. The molecule has 0 radical (unpaired) electrons. The number of nitrogens with two attached hydrogens (primary N) is 1. The second-order valence-electron chi connectivity index (χ2n) is 4.58. The van der Waals surface area contributed by atoms with Crippen molar-refractivity contribution < 1.29 is 0 Å². The van der Waals surface area contributed by atoms with Crippen molar-refractivity contribution in [2.24, 2.45) is 5.73 Å². The van der Waals surface area contributed by atoms with Crippen LogP contribution in [0.15, 0.2) is 48.7 Å². The maximum atomic E-state index is 5.81. The Bertz CT molecular complexity index is 477. The van der Waals surface area contributed by atoms with E-state index in [1.807, 2.05) is 38.4 Å². The Morgan fingerprint density at radius 1 is 1.17 bits per heavy atom. The Kier molecular flexibility index (Phi) is 3.95. The van der Waals surface area contributed by atoms with Crippen molar-refractivity contribution in [2.45, 2.75) is 19.5 Å². The van der Waals surface area contributed by atoms with Crippen LogP contribution in [0.2, 0.25) is 0 Å². The second-order valence-corrected chi connectivity index (χ2v) is 4.58. The largest absolute Gasteiger partial charge is 0.355 e. The van der Waals surface area contributed by atoms with E-state index >= 15 is 0 Å². The van der Waals surface area contributed by atoms with Crippen LogP contribution in [0.1, 0.15) is 24.1 Å². The second kappa shape index (κ2) is 5.65. The minimum absolute atomic E-state index is 0.0333. The van der Waals surface area contributed by atoms with Crippen LogP contribution in [0.25, 0.3) is 0 Å². The van der Waals surface area contributed by atoms with E-state index in [-0.39, 0.29) is 6.04 Å². The van der Waals surface area contributed by atoms with Crippen molar-refractivity contribution in [2.75, 3.05) is 11.9 Å². The summed E-state index contributed by atoms with van der Waals surface area (Å²) in [6.45, 7) is 2.82. The predicted octanol–water partition coefficient (Wildman–Crippen LogP) is 2.74. The number of hydrogen-bond acceptors (Lipinski definition) is 3. The third-order valence-corrected chi connectivity index (χ3v) is 2.95. The Morgan fingerprint density at radius 2 is 1.89 bits per heavy atom. The van der Waals surface area contributed by atoms with Crippen LogP contribution in [-0.2, 0) is 6.54 Å². The topological polar surface area (TPSA) is 42.1 Å². The highest BCUT2D eigenvalue weighted by atomic mass is 15.2. The Hall–Kier alpha value is -1.87. The number of rotatable bonds is 4. The summed E-state index contributed by atoms with van der Waals surface area (Å²) in [5, 5.41) is 0. The summed E-state index contributed by atoms with van der Waals surface area (Å²) in [5.74, 6) is 0.961. The molecule has 1 aromatic heterocycles. The van der Waals surface area contributed by atoms with E-state index in [0.29, 0.717) is 0 Å². The summed E-state index contributed by atoms with van der Waals surface area (Å²) >= 11 is 0. The molecular weight excluding hydrogens is 222 g/mol. The van der Waals surface area contributed by atoms with Gasteiger partial charge in [0, 0.05) is 25.8 Å². The van der Waals surface area contributed by atoms with Gasteiger partial charge in [-0.25, -0.2) is 4.98 Å². The monoisotopic (exact) mass is 241 g/mol. The lowest BCUT2D eigenvalue weighted by molar-refractivity contribution is 0.807. The van der Waals surface area contributed by atoms with Gasteiger partial charge in [0.05, 0.1) is 0 Å². The lowest BCUT2D eigenvalue weighted by Crippen LogP contribution is -2.17. The molecule has 0 saturated carbocycles. The highest BCUT2D eigenvalue weighted by Gasteiger charge is 2.05. The van der Waals surface area contributed by atoms with Crippen molar-refractivity contribution in [3.05, 3.63) is 59.8 Å². The minimum Gasteiger partial charge on any atom is -0.355 e. The number of aromatic nitrogens is 1. The lowest BCUT2D eigenvalue weighted by atomic mass is 10.1. The summed E-state index contributed by atoms with van der Waals surface area (Å²) in [5.41, 5.74) is 8.15. The van der Waals surface area contributed by atoms with Crippen molar-refractivity contribution in [1.29, 1.82) is 0 Å². The average Bonchev–Trinajstić information content (AvgIpc) is 2.40. The smallest absolute Gasteiger partial charge is 0.128 e. The van der Waals surface area contributed by atoms with Gasteiger partial charge in [-0.1, -0.05) is 36.4 Å². The van der Waals surface area contributed by atoms with E-state index in [4.69, 9.17) is 5.73 Å². The molecule has 0 aliphatic carbocycles. The molecule has 2 aromatic rings. The highest BCUT2D eigenvalue weighted by Crippen LogP contribution is 2.15. The molecule has 0 aliphatic heterocycles.